The minimum Gasteiger partial charge on any atom is -0.508 e. The van der Waals surface area contributed by atoms with Crippen molar-refractivity contribution >= 4 is 5.97 Å². The van der Waals surface area contributed by atoms with Crippen molar-refractivity contribution in [2.75, 3.05) is 0 Å². The average molecular weight is 224 g/mol. The fourth-order valence-corrected chi connectivity index (χ4v) is 1.64. The van der Waals surface area contributed by atoms with Gasteiger partial charge in [0.2, 0.25) is 0 Å². The van der Waals surface area contributed by atoms with E-state index in [1.54, 1.807) is 0 Å². The van der Waals surface area contributed by atoms with Crippen LogP contribution in [-0.4, -0.2) is 21.3 Å². The highest BCUT2D eigenvalue weighted by Crippen LogP contribution is 2.32. The van der Waals surface area contributed by atoms with E-state index in [1.807, 2.05) is 6.92 Å². The predicted octanol–water partition coefficient (Wildman–Crippen LogP) is 2.46. The maximum atomic E-state index is 11.1. The Bertz CT molecular complexity index is 373. The Kier molecular flexibility index (Phi) is 4.17. The fourth-order valence-electron chi connectivity index (χ4n) is 1.64. The molecule has 1 aromatic carbocycles. The molecule has 0 saturated heterocycles. The van der Waals surface area contributed by atoms with Crippen molar-refractivity contribution in [3.05, 3.63) is 23.8 Å². The van der Waals surface area contributed by atoms with Gasteiger partial charge in [0.15, 0.2) is 0 Å². The van der Waals surface area contributed by atoms with E-state index in [4.69, 9.17) is 5.11 Å². The molecule has 0 heterocycles. The number of benzene rings is 1. The molecule has 1 unspecified atom stereocenters. The topological polar surface area (TPSA) is 77.8 Å². The monoisotopic (exact) mass is 224 g/mol. The summed E-state index contributed by atoms with van der Waals surface area (Å²) in [5.74, 6) is -1.85. The lowest BCUT2D eigenvalue weighted by Gasteiger charge is -2.13. The molecule has 0 aromatic heterocycles. The number of phenolic OH excluding ortho intramolecular Hbond substituents is 2. The maximum absolute atomic E-state index is 11.1. The van der Waals surface area contributed by atoms with Crippen molar-refractivity contribution in [1.29, 1.82) is 0 Å². The van der Waals surface area contributed by atoms with Gasteiger partial charge in [0.1, 0.15) is 11.5 Å². The maximum Gasteiger partial charge on any atom is 0.311 e. The zero-order valence-electron chi connectivity index (χ0n) is 9.18. The summed E-state index contributed by atoms with van der Waals surface area (Å²) in [7, 11) is 0. The summed E-state index contributed by atoms with van der Waals surface area (Å²) in [4.78, 5) is 11.1. The van der Waals surface area contributed by atoms with Gasteiger partial charge < -0.3 is 15.3 Å². The van der Waals surface area contributed by atoms with Crippen LogP contribution < -0.4 is 0 Å². The lowest BCUT2D eigenvalue weighted by atomic mass is 9.93. The molecule has 4 heteroatoms. The van der Waals surface area contributed by atoms with Crippen LogP contribution in [0.1, 0.15) is 37.7 Å². The number of rotatable bonds is 5. The molecule has 1 atom stereocenters. The number of unbranched alkanes of at least 4 members (excludes halogenated alkanes) is 1. The third-order valence-electron chi connectivity index (χ3n) is 2.53. The third kappa shape index (κ3) is 2.89. The van der Waals surface area contributed by atoms with Gasteiger partial charge in [-0.3, -0.25) is 4.79 Å². The lowest BCUT2D eigenvalue weighted by Crippen LogP contribution is -2.11. The Morgan fingerprint density at radius 1 is 1.38 bits per heavy atom. The SMILES string of the molecule is CCCCC(C(=O)O)c1cc(O)ccc1O. The largest absolute Gasteiger partial charge is 0.508 e. The third-order valence-corrected chi connectivity index (χ3v) is 2.53. The molecule has 4 nitrogen and oxygen atoms in total. The van der Waals surface area contributed by atoms with Crippen LogP contribution in [0.5, 0.6) is 11.5 Å². The molecular formula is C12H16O4. The van der Waals surface area contributed by atoms with Gasteiger partial charge in [-0.15, -0.1) is 0 Å². The van der Waals surface area contributed by atoms with E-state index in [-0.39, 0.29) is 17.1 Å². The van der Waals surface area contributed by atoms with Crippen LogP contribution in [0.25, 0.3) is 0 Å². The summed E-state index contributed by atoms with van der Waals surface area (Å²) in [5.41, 5.74) is 0.279. The van der Waals surface area contributed by atoms with Crippen LogP contribution in [0.2, 0.25) is 0 Å². The highest BCUT2D eigenvalue weighted by Gasteiger charge is 2.22. The van der Waals surface area contributed by atoms with Crippen LogP contribution in [0.15, 0.2) is 18.2 Å². The van der Waals surface area contributed by atoms with Gasteiger partial charge in [-0.2, -0.15) is 0 Å². The van der Waals surface area contributed by atoms with E-state index in [0.717, 1.165) is 12.8 Å². The average Bonchev–Trinajstić information content (AvgIpc) is 2.23. The van der Waals surface area contributed by atoms with Gasteiger partial charge in [0.05, 0.1) is 5.92 Å². The quantitative estimate of drug-likeness (QED) is 0.671. The molecule has 0 aliphatic carbocycles. The van der Waals surface area contributed by atoms with E-state index in [9.17, 15) is 15.0 Å². The first-order valence-electron chi connectivity index (χ1n) is 5.31. The molecule has 3 N–H and O–H groups in total. The van der Waals surface area contributed by atoms with Gasteiger partial charge in [-0.25, -0.2) is 0 Å². The van der Waals surface area contributed by atoms with Crippen LogP contribution in [0.3, 0.4) is 0 Å². The Labute approximate surface area is 94.2 Å². The molecule has 0 radical (unpaired) electrons. The molecule has 0 fully saturated rings. The number of phenols is 2. The van der Waals surface area contributed by atoms with Crippen molar-refractivity contribution < 1.29 is 20.1 Å². The molecule has 0 spiro atoms. The number of carbonyl (C=O) groups is 1. The second-order valence-corrected chi connectivity index (χ2v) is 3.78. The van der Waals surface area contributed by atoms with Crippen molar-refractivity contribution in [2.45, 2.75) is 32.1 Å². The molecule has 0 saturated carbocycles. The summed E-state index contributed by atoms with van der Waals surface area (Å²) in [5, 5.41) is 27.9. The molecular weight excluding hydrogens is 208 g/mol. The van der Waals surface area contributed by atoms with E-state index >= 15 is 0 Å². The van der Waals surface area contributed by atoms with E-state index < -0.39 is 11.9 Å². The van der Waals surface area contributed by atoms with Crippen LogP contribution >= 0.6 is 0 Å². The predicted molar refractivity (Wildman–Crippen MR) is 59.7 cm³/mol. The summed E-state index contributed by atoms with van der Waals surface area (Å²) < 4.78 is 0. The van der Waals surface area contributed by atoms with Gasteiger partial charge in [0, 0.05) is 5.56 Å². The van der Waals surface area contributed by atoms with Gasteiger partial charge >= 0.3 is 5.97 Å². The van der Waals surface area contributed by atoms with Gasteiger partial charge in [0.25, 0.3) is 0 Å². The smallest absolute Gasteiger partial charge is 0.311 e. The molecule has 16 heavy (non-hydrogen) atoms. The molecule has 0 aliphatic rings. The van der Waals surface area contributed by atoms with Gasteiger partial charge in [-0.1, -0.05) is 19.8 Å². The molecule has 0 aliphatic heterocycles. The lowest BCUT2D eigenvalue weighted by molar-refractivity contribution is -0.139. The number of carboxylic acids is 1. The Morgan fingerprint density at radius 3 is 2.62 bits per heavy atom. The van der Waals surface area contributed by atoms with Crippen molar-refractivity contribution in [3.63, 3.8) is 0 Å². The zero-order chi connectivity index (χ0) is 12.1. The molecule has 88 valence electrons. The van der Waals surface area contributed by atoms with Crippen LogP contribution in [-0.2, 0) is 4.79 Å². The van der Waals surface area contributed by atoms with E-state index in [0.29, 0.717) is 6.42 Å². The molecule has 0 amide bonds. The van der Waals surface area contributed by atoms with Crippen molar-refractivity contribution in [1.82, 2.24) is 0 Å². The first-order chi connectivity index (χ1) is 7.56. The summed E-state index contributed by atoms with van der Waals surface area (Å²) in [6.45, 7) is 1.97. The van der Waals surface area contributed by atoms with Crippen LogP contribution in [0, 0.1) is 0 Å². The second kappa shape index (κ2) is 5.39. The number of aromatic hydroxyl groups is 2. The van der Waals surface area contributed by atoms with E-state index in [1.165, 1.54) is 18.2 Å². The standard InChI is InChI=1S/C12H16O4/c1-2-3-4-9(12(15)16)10-7-8(13)5-6-11(10)14/h5-7,9,13-14H,2-4H2,1H3,(H,15,16). The number of hydrogen-bond donors (Lipinski definition) is 3. The second-order valence-electron chi connectivity index (χ2n) is 3.78. The minimum absolute atomic E-state index is 0.0319. The number of carboxylic acid groups (broad SMARTS) is 1. The Balaban J connectivity index is 3.00. The number of aliphatic carboxylic acids is 1. The summed E-state index contributed by atoms with van der Waals surface area (Å²) in [6.07, 6.45) is 2.12. The highest BCUT2D eigenvalue weighted by molar-refractivity contribution is 5.77. The Hall–Kier alpha value is -1.71. The fraction of sp³-hybridized carbons (Fsp3) is 0.417. The molecule has 0 bridgehead atoms. The van der Waals surface area contributed by atoms with Gasteiger partial charge in [-0.05, 0) is 24.6 Å². The minimum atomic E-state index is -0.977. The summed E-state index contributed by atoms with van der Waals surface area (Å²) in [6, 6.07) is 3.95. The normalized spacial score (nSPS) is 12.3. The molecule has 1 rings (SSSR count). The summed E-state index contributed by atoms with van der Waals surface area (Å²) >= 11 is 0. The first kappa shape index (κ1) is 12.4. The molecule has 1 aromatic rings. The van der Waals surface area contributed by atoms with Crippen molar-refractivity contribution in [2.24, 2.45) is 0 Å². The first-order valence-corrected chi connectivity index (χ1v) is 5.31. The number of hydrogen-bond acceptors (Lipinski definition) is 3. The van der Waals surface area contributed by atoms with Crippen molar-refractivity contribution in [3.8, 4) is 11.5 Å². The van der Waals surface area contributed by atoms with Crippen LogP contribution in [0.4, 0.5) is 0 Å². The zero-order valence-corrected chi connectivity index (χ0v) is 9.18. The Morgan fingerprint density at radius 2 is 2.06 bits per heavy atom. The van der Waals surface area contributed by atoms with E-state index in [2.05, 4.69) is 0 Å². The highest BCUT2D eigenvalue weighted by atomic mass is 16.4.